The summed E-state index contributed by atoms with van der Waals surface area (Å²) in [5, 5.41) is 4.21. The number of aldehydes is 1. The number of hydrogen-bond acceptors (Lipinski definition) is 7. The second-order valence-electron chi connectivity index (χ2n) is 7.21. The number of halogens is 1. The highest BCUT2D eigenvalue weighted by Gasteiger charge is 2.21. The van der Waals surface area contributed by atoms with Crippen LogP contribution in [0.25, 0.3) is 10.9 Å². The van der Waals surface area contributed by atoms with Gasteiger partial charge in [0.25, 0.3) is 0 Å². The number of carbonyl (C=O) groups excluding carboxylic acids is 1. The number of hydrogen-bond donors (Lipinski definition) is 1. The second kappa shape index (κ2) is 9.78. The third-order valence-electron chi connectivity index (χ3n) is 5.15. The molecule has 3 aromatic rings. The highest BCUT2D eigenvalue weighted by Crippen LogP contribution is 2.36. The molecule has 0 unspecified atom stereocenters. The molecule has 160 valence electrons. The number of fused-ring (bicyclic) bond motifs is 1. The van der Waals surface area contributed by atoms with E-state index in [0.717, 1.165) is 53.3 Å². The maximum Gasteiger partial charge on any atom is 0.162 e. The van der Waals surface area contributed by atoms with Gasteiger partial charge in [0.05, 0.1) is 12.6 Å². The molecule has 0 saturated carbocycles. The Bertz CT molecular complexity index is 1100. The quantitative estimate of drug-likeness (QED) is 0.386. The van der Waals surface area contributed by atoms with Crippen molar-refractivity contribution in [1.29, 1.82) is 0 Å². The lowest BCUT2D eigenvalue weighted by atomic mass is 10.1. The minimum Gasteiger partial charge on any atom is -0.493 e. The van der Waals surface area contributed by atoms with E-state index in [2.05, 4.69) is 36.1 Å². The Morgan fingerprint density at radius 3 is 2.74 bits per heavy atom. The average molecular weight is 483 g/mol. The maximum absolute atomic E-state index is 10.5. The van der Waals surface area contributed by atoms with Gasteiger partial charge in [0.15, 0.2) is 11.5 Å². The van der Waals surface area contributed by atoms with Gasteiger partial charge in [-0.2, -0.15) is 0 Å². The molecule has 1 aliphatic heterocycles. The van der Waals surface area contributed by atoms with Crippen molar-refractivity contribution in [3.63, 3.8) is 0 Å². The van der Waals surface area contributed by atoms with E-state index in [0.29, 0.717) is 17.3 Å². The summed E-state index contributed by atoms with van der Waals surface area (Å²) < 4.78 is 12.9. The number of likely N-dealkylation sites (tertiary alicyclic amines) is 1. The Labute approximate surface area is 189 Å². The zero-order chi connectivity index (χ0) is 21.6. The van der Waals surface area contributed by atoms with E-state index in [-0.39, 0.29) is 6.10 Å². The Morgan fingerprint density at radius 1 is 1.16 bits per heavy atom. The lowest BCUT2D eigenvalue weighted by molar-refractivity contribution is -0.104. The molecule has 1 aromatic heterocycles. The number of rotatable bonds is 7. The Balaban J connectivity index is 1.58. The molecule has 0 radical (unpaired) electrons. The third-order valence-corrected chi connectivity index (χ3v) is 5.65. The van der Waals surface area contributed by atoms with Crippen LogP contribution in [0.4, 0.5) is 11.5 Å². The van der Waals surface area contributed by atoms with Crippen molar-refractivity contribution < 1.29 is 14.3 Å². The zero-order valence-electron chi connectivity index (χ0n) is 17.1. The summed E-state index contributed by atoms with van der Waals surface area (Å²) in [4.78, 5) is 21.5. The number of piperidine rings is 1. The highest BCUT2D eigenvalue weighted by molar-refractivity contribution is 9.10. The summed E-state index contributed by atoms with van der Waals surface area (Å²) in [5.74, 6) is 2.01. The number of ether oxygens (including phenoxy) is 2. The van der Waals surface area contributed by atoms with Gasteiger partial charge in [0.2, 0.25) is 0 Å². The molecular weight excluding hydrogens is 460 g/mol. The summed E-state index contributed by atoms with van der Waals surface area (Å²) in [6, 6.07) is 11.7. The first kappa shape index (κ1) is 21.1. The number of anilines is 2. The van der Waals surface area contributed by atoms with Crippen LogP contribution in [0.5, 0.6) is 11.5 Å². The number of nitrogens with one attached hydrogen (secondary N) is 1. The molecule has 0 spiro atoms. The fraction of sp³-hybridized carbons (Fsp3) is 0.261. The van der Waals surface area contributed by atoms with Crippen molar-refractivity contribution in [2.75, 3.05) is 25.5 Å². The molecule has 31 heavy (non-hydrogen) atoms. The van der Waals surface area contributed by atoms with Gasteiger partial charge in [-0.1, -0.05) is 22.0 Å². The van der Waals surface area contributed by atoms with Crippen LogP contribution in [-0.2, 0) is 4.79 Å². The molecule has 0 amide bonds. The Kier molecular flexibility index (Phi) is 6.66. The molecule has 4 rings (SSSR count). The van der Waals surface area contributed by atoms with E-state index in [1.165, 1.54) is 12.4 Å². The summed E-state index contributed by atoms with van der Waals surface area (Å²) in [6.45, 7) is 1.67. The summed E-state index contributed by atoms with van der Waals surface area (Å²) in [6.07, 6.45) is 7.47. The number of allylic oxidation sites excluding steroid dienone is 1. The van der Waals surface area contributed by atoms with Crippen molar-refractivity contribution in [3.8, 4) is 11.5 Å². The van der Waals surface area contributed by atoms with Gasteiger partial charge in [0.1, 0.15) is 24.5 Å². The maximum atomic E-state index is 10.5. The summed E-state index contributed by atoms with van der Waals surface area (Å²) in [5.41, 5.74) is 1.69. The minimum absolute atomic E-state index is 0.0679. The highest BCUT2D eigenvalue weighted by atomic mass is 79.9. The van der Waals surface area contributed by atoms with E-state index < -0.39 is 0 Å². The van der Waals surface area contributed by atoms with Crippen molar-refractivity contribution in [2.45, 2.75) is 18.9 Å². The summed E-state index contributed by atoms with van der Waals surface area (Å²) >= 11 is 3.49. The first-order chi connectivity index (χ1) is 15.2. The predicted octanol–water partition coefficient (Wildman–Crippen LogP) is 4.70. The smallest absolute Gasteiger partial charge is 0.162 e. The van der Waals surface area contributed by atoms with Gasteiger partial charge in [-0.15, -0.1) is 0 Å². The molecule has 1 fully saturated rings. The van der Waals surface area contributed by atoms with E-state index >= 15 is 0 Å². The first-order valence-corrected chi connectivity index (χ1v) is 10.8. The normalized spacial score (nSPS) is 14.7. The van der Waals surface area contributed by atoms with Crippen LogP contribution in [0.3, 0.4) is 0 Å². The van der Waals surface area contributed by atoms with E-state index in [4.69, 9.17) is 9.47 Å². The fourth-order valence-corrected chi connectivity index (χ4v) is 4.00. The molecule has 0 atom stereocenters. The molecule has 1 saturated heterocycles. The summed E-state index contributed by atoms with van der Waals surface area (Å²) in [7, 11) is 1.63. The van der Waals surface area contributed by atoms with Gasteiger partial charge >= 0.3 is 0 Å². The van der Waals surface area contributed by atoms with Crippen LogP contribution in [-0.4, -0.2) is 47.5 Å². The Morgan fingerprint density at radius 2 is 2.00 bits per heavy atom. The van der Waals surface area contributed by atoms with Gasteiger partial charge in [0, 0.05) is 53.7 Å². The largest absolute Gasteiger partial charge is 0.493 e. The van der Waals surface area contributed by atoms with Crippen molar-refractivity contribution in [3.05, 3.63) is 59.5 Å². The number of nitrogens with zero attached hydrogens (tertiary/aromatic N) is 3. The van der Waals surface area contributed by atoms with Crippen LogP contribution in [0, 0.1) is 0 Å². The van der Waals surface area contributed by atoms with E-state index in [9.17, 15) is 4.79 Å². The van der Waals surface area contributed by atoms with Crippen LogP contribution in [0.2, 0.25) is 0 Å². The van der Waals surface area contributed by atoms with Crippen LogP contribution in [0.15, 0.2) is 59.5 Å². The molecule has 0 aliphatic carbocycles. The molecule has 0 bridgehead atoms. The topological polar surface area (TPSA) is 76.6 Å². The molecular formula is C23H23BrN4O3. The van der Waals surface area contributed by atoms with Gasteiger partial charge < -0.3 is 19.7 Å². The lowest BCUT2D eigenvalue weighted by Gasteiger charge is -2.31. The number of methoxy groups -OCH3 is 1. The predicted molar refractivity (Wildman–Crippen MR) is 124 cm³/mol. The molecule has 8 heteroatoms. The average Bonchev–Trinajstić information content (AvgIpc) is 2.78. The third kappa shape index (κ3) is 5.14. The van der Waals surface area contributed by atoms with E-state index in [1.807, 2.05) is 42.6 Å². The standard InChI is InChI=1S/C23H23BrN4O3/c1-30-21-14-20-19(23(26-15-25-20)27-17-5-2-4-16(24)12-17)13-22(21)31-18-6-9-28(10-7-18)8-3-11-29/h2-5,8,11-15,18H,6-7,9-10H2,1H3,(H,25,26,27). The van der Waals surface area contributed by atoms with Gasteiger partial charge in [-0.05, 0) is 30.3 Å². The Hall–Kier alpha value is -3.13. The second-order valence-corrected chi connectivity index (χ2v) is 8.12. The zero-order valence-corrected chi connectivity index (χ0v) is 18.7. The van der Waals surface area contributed by atoms with Crippen LogP contribution in [0.1, 0.15) is 12.8 Å². The SMILES string of the molecule is COc1cc2ncnc(Nc3cccc(Br)c3)c2cc1OC1CCN(C=CC=O)CC1. The van der Waals surface area contributed by atoms with Crippen molar-refractivity contribution in [1.82, 2.24) is 14.9 Å². The number of benzene rings is 2. The minimum atomic E-state index is 0.0679. The lowest BCUT2D eigenvalue weighted by Crippen LogP contribution is -2.35. The van der Waals surface area contributed by atoms with Gasteiger partial charge in [-0.3, -0.25) is 4.79 Å². The molecule has 2 heterocycles. The first-order valence-electron chi connectivity index (χ1n) is 10.0. The van der Waals surface area contributed by atoms with Crippen molar-refractivity contribution in [2.24, 2.45) is 0 Å². The van der Waals surface area contributed by atoms with Gasteiger partial charge in [-0.25, -0.2) is 9.97 Å². The molecule has 2 aromatic carbocycles. The monoisotopic (exact) mass is 482 g/mol. The molecule has 7 nitrogen and oxygen atoms in total. The number of carbonyl (C=O) groups is 1. The van der Waals surface area contributed by atoms with E-state index in [1.54, 1.807) is 7.11 Å². The number of aromatic nitrogens is 2. The fourth-order valence-electron chi connectivity index (χ4n) is 3.60. The molecule has 1 N–H and O–H groups in total. The van der Waals surface area contributed by atoms with Crippen LogP contribution < -0.4 is 14.8 Å². The molecule has 1 aliphatic rings. The van der Waals surface area contributed by atoms with Crippen LogP contribution >= 0.6 is 15.9 Å². The van der Waals surface area contributed by atoms with Crippen molar-refractivity contribution >= 4 is 44.6 Å².